The molecule has 3 rings (SSSR count). The third-order valence-electron chi connectivity index (χ3n) is 4.76. The molecule has 134 valence electrons. The minimum atomic E-state index is 0. The lowest BCUT2D eigenvalue weighted by Crippen LogP contribution is -2.37. The van der Waals surface area contributed by atoms with Gasteiger partial charge in [-0.05, 0) is 42.9 Å². The second-order valence-electron chi connectivity index (χ2n) is 6.49. The van der Waals surface area contributed by atoms with Crippen LogP contribution in [0.2, 0.25) is 0 Å². The summed E-state index contributed by atoms with van der Waals surface area (Å²) in [4.78, 5) is 12.1. The lowest BCUT2D eigenvalue weighted by atomic mass is 9.83. The first-order valence-corrected chi connectivity index (χ1v) is 8.63. The fourth-order valence-corrected chi connectivity index (χ4v) is 3.39. The summed E-state index contributed by atoms with van der Waals surface area (Å²) >= 11 is 0. The van der Waals surface area contributed by atoms with Crippen molar-refractivity contribution >= 4 is 18.3 Å². The Bertz CT molecular complexity index is 553. The highest BCUT2D eigenvalue weighted by molar-refractivity contribution is 5.85. The molecule has 1 saturated carbocycles. The molecule has 0 bridgehead atoms. The minimum absolute atomic E-state index is 0. The predicted octanol–water partition coefficient (Wildman–Crippen LogP) is 2.45. The number of hydrogen-bond acceptors (Lipinski definition) is 4. The number of carbonyl (C=O) groups excluding carboxylic acids is 1. The smallest absolute Gasteiger partial charge is 0.220 e. The largest absolute Gasteiger partial charge is 0.486 e. The zero-order valence-corrected chi connectivity index (χ0v) is 14.8. The van der Waals surface area contributed by atoms with Crippen LogP contribution in [-0.2, 0) is 11.2 Å². The van der Waals surface area contributed by atoms with E-state index in [1.807, 2.05) is 18.2 Å². The van der Waals surface area contributed by atoms with Gasteiger partial charge in [0, 0.05) is 19.0 Å². The Kier molecular flexibility index (Phi) is 7.18. The van der Waals surface area contributed by atoms with Crippen LogP contribution in [0.3, 0.4) is 0 Å². The fraction of sp³-hybridized carbons (Fsp3) is 0.611. The van der Waals surface area contributed by atoms with Crippen molar-refractivity contribution in [3.8, 4) is 11.5 Å². The number of ether oxygens (including phenoxy) is 2. The highest BCUT2D eigenvalue weighted by Gasteiger charge is 2.23. The standard InChI is InChI=1S/C18H26N2O3.ClH/c19-15-4-2-1-3-14(15)12-18(21)20-8-7-13-5-6-16-17(11-13)23-10-9-22-16;/h5-6,11,14-15H,1-4,7-10,12,19H2,(H,20,21);1H. The van der Waals surface area contributed by atoms with Gasteiger partial charge in [-0.25, -0.2) is 0 Å². The van der Waals surface area contributed by atoms with Crippen molar-refractivity contribution < 1.29 is 14.3 Å². The lowest BCUT2D eigenvalue weighted by Gasteiger charge is -2.27. The van der Waals surface area contributed by atoms with Gasteiger partial charge in [0.2, 0.25) is 5.91 Å². The van der Waals surface area contributed by atoms with Gasteiger partial charge in [-0.1, -0.05) is 18.9 Å². The van der Waals surface area contributed by atoms with E-state index in [1.165, 1.54) is 12.8 Å². The number of nitrogens with two attached hydrogens (primary N) is 1. The van der Waals surface area contributed by atoms with Crippen molar-refractivity contribution in [3.05, 3.63) is 23.8 Å². The predicted molar refractivity (Wildman–Crippen MR) is 95.9 cm³/mol. The zero-order chi connectivity index (χ0) is 16.1. The van der Waals surface area contributed by atoms with Gasteiger partial charge >= 0.3 is 0 Å². The van der Waals surface area contributed by atoms with Gasteiger partial charge in [-0.2, -0.15) is 0 Å². The molecular formula is C18H27ClN2O3. The fourth-order valence-electron chi connectivity index (χ4n) is 3.39. The molecule has 1 aromatic rings. The molecule has 2 unspecified atom stereocenters. The molecule has 0 radical (unpaired) electrons. The summed E-state index contributed by atoms with van der Waals surface area (Å²) in [5, 5.41) is 3.01. The average Bonchev–Trinajstić information content (AvgIpc) is 2.57. The van der Waals surface area contributed by atoms with E-state index in [-0.39, 0.29) is 24.4 Å². The van der Waals surface area contributed by atoms with Crippen LogP contribution in [0.1, 0.15) is 37.7 Å². The third kappa shape index (κ3) is 5.02. The van der Waals surface area contributed by atoms with Gasteiger partial charge in [0.05, 0.1) is 0 Å². The first-order chi connectivity index (χ1) is 11.2. The molecule has 0 spiro atoms. The molecular weight excluding hydrogens is 328 g/mol. The summed E-state index contributed by atoms with van der Waals surface area (Å²) < 4.78 is 11.1. The molecule has 6 heteroatoms. The summed E-state index contributed by atoms with van der Waals surface area (Å²) in [5.74, 6) is 2.06. The van der Waals surface area contributed by atoms with Gasteiger partial charge in [-0.3, -0.25) is 4.79 Å². The number of rotatable bonds is 5. The van der Waals surface area contributed by atoms with Gasteiger partial charge < -0.3 is 20.5 Å². The second-order valence-corrected chi connectivity index (χ2v) is 6.49. The van der Waals surface area contributed by atoms with E-state index in [4.69, 9.17) is 15.2 Å². The van der Waals surface area contributed by atoms with Gasteiger partial charge in [0.25, 0.3) is 0 Å². The number of fused-ring (bicyclic) bond motifs is 1. The lowest BCUT2D eigenvalue weighted by molar-refractivity contribution is -0.122. The Morgan fingerprint density at radius 3 is 2.71 bits per heavy atom. The van der Waals surface area contributed by atoms with Crippen LogP contribution in [0.4, 0.5) is 0 Å². The van der Waals surface area contributed by atoms with Crippen LogP contribution in [-0.4, -0.2) is 31.7 Å². The van der Waals surface area contributed by atoms with Gasteiger partial charge in [0.1, 0.15) is 13.2 Å². The summed E-state index contributed by atoms with van der Waals surface area (Å²) in [7, 11) is 0. The third-order valence-corrected chi connectivity index (χ3v) is 4.76. The van der Waals surface area contributed by atoms with Crippen molar-refractivity contribution in [2.24, 2.45) is 11.7 Å². The number of halogens is 1. The van der Waals surface area contributed by atoms with Crippen LogP contribution in [0, 0.1) is 5.92 Å². The van der Waals surface area contributed by atoms with E-state index >= 15 is 0 Å². The van der Waals surface area contributed by atoms with E-state index < -0.39 is 0 Å². The quantitative estimate of drug-likeness (QED) is 0.851. The summed E-state index contributed by atoms with van der Waals surface area (Å²) in [6, 6.07) is 6.15. The molecule has 1 heterocycles. The molecule has 1 amide bonds. The number of amides is 1. The normalized spacial score (nSPS) is 22.4. The monoisotopic (exact) mass is 354 g/mol. The first-order valence-electron chi connectivity index (χ1n) is 8.63. The molecule has 5 nitrogen and oxygen atoms in total. The van der Waals surface area contributed by atoms with Crippen LogP contribution in [0.5, 0.6) is 11.5 Å². The maximum atomic E-state index is 12.1. The van der Waals surface area contributed by atoms with Crippen molar-refractivity contribution in [1.82, 2.24) is 5.32 Å². The molecule has 2 aliphatic rings. The maximum absolute atomic E-state index is 12.1. The van der Waals surface area contributed by atoms with Gasteiger partial charge in [-0.15, -0.1) is 12.4 Å². The van der Waals surface area contributed by atoms with Crippen LogP contribution in [0.15, 0.2) is 18.2 Å². The Balaban J connectivity index is 0.00000208. The van der Waals surface area contributed by atoms with E-state index in [1.54, 1.807) is 0 Å². The van der Waals surface area contributed by atoms with Crippen molar-refractivity contribution in [2.75, 3.05) is 19.8 Å². The molecule has 1 aliphatic heterocycles. The number of hydrogen-bond donors (Lipinski definition) is 2. The topological polar surface area (TPSA) is 73.6 Å². The van der Waals surface area contributed by atoms with E-state index in [0.717, 1.165) is 36.3 Å². The Hall–Kier alpha value is -1.46. The summed E-state index contributed by atoms with van der Waals surface area (Å²) in [6.07, 6.45) is 5.87. The molecule has 1 fully saturated rings. The van der Waals surface area contributed by atoms with Crippen LogP contribution in [0.25, 0.3) is 0 Å². The van der Waals surface area contributed by atoms with E-state index in [2.05, 4.69) is 5.32 Å². The molecule has 1 aliphatic carbocycles. The Morgan fingerprint density at radius 1 is 1.17 bits per heavy atom. The zero-order valence-electron chi connectivity index (χ0n) is 14.0. The Morgan fingerprint density at radius 2 is 1.92 bits per heavy atom. The average molecular weight is 355 g/mol. The summed E-state index contributed by atoms with van der Waals surface area (Å²) in [6.45, 7) is 1.83. The van der Waals surface area contributed by atoms with Crippen LogP contribution < -0.4 is 20.5 Å². The maximum Gasteiger partial charge on any atom is 0.220 e. The van der Waals surface area contributed by atoms with Crippen LogP contribution >= 0.6 is 12.4 Å². The van der Waals surface area contributed by atoms with Crippen molar-refractivity contribution in [1.29, 1.82) is 0 Å². The Labute approximate surface area is 149 Å². The molecule has 2 atom stereocenters. The number of benzene rings is 1. The summed E-state index contributed by atoms with van der Waals surface area (Å²) in [5.41, 5.74) is 7.25. The van der Waals surface area contributed by atoms with E-state index in [0.29, 0.717) is 32.1 Å². The molecule has 0 saturated heterocycles. The number of nitrogens with one attached hydrogen (secondary N) is 1. The minimum Gasteiger partial charge on any atom is -0.486 e. The molecule has 3 N–H and O–H groups in total. The molecule has 1 aromatic carbocycles. The highest BCUT2D eigenvalue weighted by Crippen LogP contribution is 2.30. The SMILES string of the molecule is Cl.NC1CCCCC1CC(=O)NCCc1ccc2c(c1)OCCO2. The van der Waals surface area contributed by atoms with Gasteiger partial charge in [0.15, 0.2) is 11.5 Å². The highest BCUT2D eigenvalue weighted by atomic mass is 35.5. The molecule has 0 aromatic heterocycles. The molecule has 24 heavy (non-hydrogen) atoms. The first kappa shape index (κ1) is 18.9. The number of carbonyl (C=O) groups is 1. The van der Waals surface area contributed by atoms with Crippen molar-refractivity contribution in [3.63, 3.8) is 0 Å². The van der Waals surface area contributed by atoms with Crippen molar-refractivity contribution in [2.45, 2.75) is 44.6 Å². The van der Waals surface area contributed by atoms with E-state index in [9.17, 15) is 4.79 Å². The second kappa shape index (κ2) is 9.14.